The first-order valence-electron chi connectivity index (χ1n) is 9.96. The molecule has 0 saturated carbocycles. The van der Waals surface area contributed by atoms with E-state index in [2.05, 4.69) is 0 Å². The monoisotopic (exact) mass is 388 g/mol. The maximum absolute atomic E-state index is 11.8. The molecule has 2 heterocycles. The summed E-state index contributed by atoms with van der Waals surface area (Å²) in [6.45, 7) is 6.17. The van der Waals surface area contributed by atoms with Crippen LogP contribution in [0, 0.1) is 0 Å². The number of esters is 2. The van der Waals surface area contributed by atoms with Gasteiger partial charge in [0.05, 0.1) is 26.4 Å². The third-order valence-electron chi connectivity index (χ3n) is 4.20. The summed E-state index contributed by atoms with van der Waals surface area (Å²) in [6, 6.07) is 0. The molecule has 8 heteroatoms. The summed E-state index contributed by atoms with van der Waals surface area (Å²) >= 11 is 0. The molecule has 0 bridgehead atoms. The normalized spacial score (nSPS) is 22.7. The van der Waals surface area contributed by atoms with Crippen molar-refractivity contribution in [2.24, 2.45) is 0 Å². The summed E-state index contributed by atoms with van der Waals surface area (Å²) in [7, 11) is 0. The lowest BCUT2D eigenvalue weighted by Gasteiger charge is -2.16. The highest BCUT2D eigenvalue weighted by Gasteiger charge is 2.25. The van der Waals surface area contributed by atoms with E-state index >= 15 is 0 Å². The molecule has 0 spiro atoms. The number of carbonyl (C=O) groups excluding carboxylic acids is 2. The Balaban J connectivity index is 1.45. The minimum absolute atomic E-state index is 0.150. The molecule has 27 heavy (non-hydrogen) atoms. The fraction of sp³-hybridized carbons (Fsp3) is 0.895. The maximum Gasteiger partial charge on any atom is 0.308 e. The highest BCUT2D eigenvalue weighted by Crippen LogP contribution is 2.14. The molecule has 4 unspecified atom stereocenters. The van der Waals surface area contributed by atoms with Gasteiger partial charge in [0.25, 0.3) is 0 Å². The molecule has 2 rings (SSSR count). The van der Waals surface area contributed by atoms with Crippen molar-refractivity contribution in [2.75, 3.05) is 26.4 Å². The highest BCUT2D eigenvalue weighted by atomic mass is 16.7. The number of hydrogen-bond acceptors (Lipinski definition) is 8. The van der Waals surface area contributed by atoms with Crippen molar-refractivity contribution in [3.8, 4) is 0 Å². The van der Waals surface area contributed by atoms with Gasteiger partial charge < -0.3 is 28.4 Å². The third-order valence-corrected chi connectivity index (χ3v) is 4.20. The first-order valence-corrected chi connectivity index (χ1v) is 9.96. The summed E-state index contributed by atoms with van der Waals surface area (Å²) in [5.41, 5.74) is 0. The van der Waals surface area contributed by atoms with Gasteiger partial charge in [-0.25, -0.2) is 0 Å². The van der Waals surface area contributed by atoms with Crippen LogP contribution in [0.15, 0.2) is 0 Å². The minimum atomic E-state index is -0.510. The lowest BCUT2D eigenvalue weighted by atomic mass is 10.1. The van der Waals surface area contributed by atoms with Gasteiger partial charge in [0.1, 0.15) is 12.2 Å². The molecule has 0 aliphatic carbocycles. The zero-order valence-electron chi connectivity index (χ0n) is 16.4. The predicted molar refractivity (Wildman–Crippen MR) is 94.8 cm³/mol. The summed E-state index contributed by atoms with van der Waals surface area (Å²) in [5.74, 6) is -0.550. The van der Waals surface area contributed by atoms with E-state index in [-0.39, 0.29) is 24.1 Å². The highest BCUT2D eigenvalue weighted by molar-refractivity contribution is 5.70. The fourth-order valence-electron chi connectivity index (χ4n) is 2.35. The van der Waals surface area contributed by atoms with Crippen molar-refractivity contribution in [1.82, 2.24) is 0 Å². The van der Waals surface area contributed by atoms with Crippen LogP contribution in [0.4, 0.5) is 0 Å². The number of rotatable bonds is 16. The van der Waals surface area contributed by atoms with Crippen LogP contribution >= 0.6 is 0 Å². The van der Waals surface area contributed by atoms with Gasteiger partial charge in [-0.1, -0.05) is 20.3 Å². The second kappa shape index (κ2) is 12.3. The van der Waals surface area contributed by atoms with Crippen molar-refractivity contribution < 1.29 is 38.0 Å². The Morgan fingerprint density at radius 3 is 1.56 bits per heavy atom. The van der Waals surface area contributed by atoms with E-state index in [4.69, 9.17) is 28.4 Å². The Bertz CT molecular complexity index is 407. The summed E-state index contributed by atoms with van der Waals surface area (Å²) < 4.78 is 31.7. The molecular weight excluding hydrogens is 356 g/mol. The standard InChI is InChI=1S/C19H32O8/c1-3-18(24-12-14-10-22-14)26-16(20)8-6-5-7-9-17(21)27-19(4-2)25-13-15-11-23-15/h14-15,18-19H,3-13H2,1-2H3. The van der Waals surface area contributed by atoms with Gasteiger partial charge in [-0.05, 0) is 12.8 Å². The second-order valence-corrected chi connectivity index (χ2v) is 6.79. The van der Waals surface area contributed by atoms with Crippen LogP contribution in [0.3, 0.4) is 0 Å². The fourth-order valence-corrected chi connectivity index (χ4v) is 2.35. The lowest BCUT2D eigenvalue weighted by molar-refractivity contribution is -0.180. The molecular formula is C19H32O8. The SMILES string of the molecule is CCC(OCC1CO1)OC(=O)CCCCCC(=O)OC(CC)OCC1CO1. The Hall–Kier alpha value is -1.22. The molecule has 156 valence electrons. The molecule has 2 fully saturated rings. The van der Waals surface area contributed by atoms with Crippen molar-refractivity contribution in [1.29, 1.82) is 0 Å². The van der Waals surface area contributed by atoms with Crippen molar-refractivity contribution in [2.45, 2.75) is 83.6 Å². The van der Waals surface area contributed by atoms with Gasteiger partial charge in [0.2, 0.25) is 12.6 Å². The van der Waals surface area contributed by atoms with Crippen LogP contribution in [0.25, 0.3) is 0 Å². The Morgan fingerprint density at radius 2 is 1.22 bits per heavy atom. The number of epoxide rings is 2. The smallest absolute Gasteiger partial charge is 0.308 e. The first kappa shape index (κ1) is 22.1. The van der Waals surface area contributed by atoms with Crippen LogP contribution < -0.4 is 0 Å². The van der Waals surface area contributed by atoms with Crippen LogP contribution in [-0.4, -0.2) is 63.2 Å². The molecule has 0 amide bonds. The molecule has 0 N–H and O–H groups in total. The van der Waals surface area contributed by atoms with Gasteiger partial charge >= 0.3 is 11.9 Å². The maximum atomic E-state index is 11.8. The Morgan fingerprint density at radius 1 is 0.815 bits per heavy atom. The lowest BCUT2D eigenvalue weighted by Crippen LogP contribution is -2.23. The minimum Gasteiger partial charge on any atom is -0.436 e. The number of carbonyl (C=O) groups is 2. The third kappa shape index (κ3) is 10.6. The van der Waals surface area contributed by atoms with Crippen molar-refractivity contribution in [3.05, 3.63) is 0 Å². The van der Waals surface area contributed by atoms with E-state index in [1.54, 1.807) is 0 Å². The molecule has 2 aliphatic rings. The van der Waals surface area contributed by atoms with E-state index < -0.39 is 12.6 Å². The first-order chi connectivity index (χ1) is 13.1. The summed E-state index contributed by atoms with van der Waals surface area (Å²) in [4.78, 5) is 23.7. The van der Waals surface area contributed by atoms with Crippen molar-refractivity contribution >= 4 is 11.9 Å². The van der Waals surface area contributed by atoms with E-state index in [0.29, 0.717) is 65.0 Å². The van der Waals surface area contributed by atoms with Crippen LogP contribution in [0.1, 0.15) is 58.8 Å². The van der Waals surface area contributed by atoms with Gasteiger partial charge in [-0.15, -0.1) is 0 Å². The summed E-state index contributed by atoms with van der Waals surface area (Å²) in [5, 5.41) is 0. The van der Waals surface area contributed by atoms with Gasteiger partial charge in [0, 0.05) is 25.7 Å². The molecule has 8 nitrogen and oxygen atoms in total. The summed E-state index contributed by atoms with van der Waals surface area (Å²) in [6.07, 6.45) is 3.22. The topological polar surface area (TPSA) is 96.1 Å². The number of hydrogen-bond donors (Lipinski definition) is 0. The van der Waals surface area contributed by atoms with Crippen LogP contribution in [0.2, 0.25) is 0 Å². The van der Waals surface area contributed by atoms with Crippen LogP contribution in [-0.2, 0) is 38.0 Å². The molecule has 2 aliphatic heterocycles. The van der Waals surface area contributed by atoms with Gasteiger partial charge in [0.15, 0.2) is 0 Å². The molecule has 0 aromatic rings. The average molecular weight is 388 g/mol. The molecule has 2 saturated heterocycles. The van der Waals surface area contributed by atoms with E-state index in [9.17, 15) is 9.59 Å². The number of unbranched alkanes of at least 4 members (excludes halogenated alkanes) is 2. The second-order valence-electron chi connectivity index (χ2n) is 6.79. The predicted octanol–water partition coefficient (Wildman–Crippen LogP) is 2.33. The van der Waals surface area contributed by atoms with Gasteiger partial charge in [-0.3, -0.25) is 9.59 Å². The zero-order chi connectivity index (χ0) is 19.5. The van der Waals surface area contributed by atoms with E-state index in [1.165, 1.54) is 0 Å². The number of ether oxygens (including phenoxy) is 6. The van der Waals surface area contributed by atoms with Crippen molar-refractivity contribution in [3.63, 3.8) is 0 Å². The quantitative estimate of drug-likeness (QED) is 0.172. The zero-order valence-corrected chi connectivity index (χ0v) is 16.4. The molecule has 0 radical (unpaired) electrons. The Labute approximate surface area is 160 Å². The molecule has 0 aromatic carbocycles. The Kier molecular flexibility index (Phi) is 10.0. The molecule has 4 atom stereocenters. The van der Waals surface area contributed by atoms with E-state index in [1.807, 2.05) is 13.8 Å². The molecule has 0 aromatic heterocycles. The van der Waals surface area contributed by atoms with Gasteiger partial charge in [-0.2, -0.15) is 0 Å². The van der Waals surface area contributed by atoms with Crippen LogP contribution in [0.5, 0.6) is 0 Å². The average Bonchev–Trinajstić information content (AvgIpc) is 3.55. The van der Waals surface area contributed by atoms with E-state index in [0.717, 1.165) is 6.42 Å². The largest absolute Gasteiger partial charge is 0.436 e.